The molecule has 3 aromatic rings. The molecular formula is C18H17BrClN5O3S. The number of hydrogen-bond acceptors (Lipinski definition) is 6. The summed E-state index contributed by atoms with van der Waals surface area (Å²) >= 11 is 10.7. The van der Waals surface area contributed by atoms with Crippen LogP contribution in [0.4, 0.5) is 5.69 Å². The Balaban J connectivity index is 1.68. The van der Waals surface area contributed by atoms with Crippen molar-refractivity contribution in [3.63, 3.8) is 0 Å². The summed E-state index contributed by atoms with van der Waals surface area (Å²) in [6.07, 6.45) is 2.08. The van der Waals surface area contributed by atoms with Crippen molar-refractivity contribution < 1.29 is 14.0 Å². The van der Waals surface area contributed by atoms with E-state index in [2.05, 4.69) is 31.4 Å². The quantitative estimate of drug-likeness (QED) is 0.436. The zero-order valence-corrected chi connectivity index (χ0v) is 18.3. The SMILES string of the molecule is NC(=O)CCc1nnc(SCC(=O)Nc2ccc(Br)cc2Cl)n1Cc1ccco1. The third kappa shape index (κ3) is 6.09. The van der Waals surface area contributed by atoms with Gasteiger partial charge in [0.05, 0.1) is 29.3 Å². The maximum atomic E-state index is 12.3. The van der Waals surface area contributed by atoms with Crippen LogP contribution in [0, 0.1) is 0 Å². The molecule has 3 N–H and O–H groups in total. The first kappa shape index (κ1) is 21.4. The van der Waals surface area contributed by atoms with E-state index in [4.69, 9.17) is 21.8 Å². The Labute approximate surface area is 184 Å². The van der Waals surface area contributed by atoms with E-state index in [0.29, 0.717) is 40.4 Å². The van der Waals surface area contributed by atoms with Crippen LogP contribution in [0.1, 0.15) is 18.0 Å². The lowest BCUT2D eigenvalue weighted by molar-refractivity contribution is -0.118. The Morgan fingerprint density at radius 3 is 2.83 bits per heavy atom. The molecule has 152 valence electrons. The summed E-state index contributed by atoms with van der Waals surface area (Å²) in [7, 11) is 0. The molecule has 2 heterocycles. The smallest absolute Gasteiger partial charge is 0.234 e. The van der Waals surface area contributed by atoms with E-state index in [1.165, 1.54) is 11.8 Å². The third-order valence-corrected chi connectivity index (χ3v) is 5.59. The first-order valence-electron chi connectivity index (χ1n) is 8.53. The normalized spacial score (nSPS) is 10.8. The van der Waals surface area contributed by atoms with Crippen molar-refractivity contribution in [3.8, 4) is 0 Å². The Morgan fingerprint density at radius 1 is 1.31 bits per heavy atom. The number of nitrogens with one attached hydrogen (secondary N) is 1. The fourth-order valence-electron chi connectivity index (χ4n) is 2.47. The summed E-state index contributed by atoms with van der Waals surface area (Å²) in [4.78, 5) is 23.5. The van der Waals surface area contributed by atoms with Crippen molar-refractivity contribution in [2.24, 2.45) is 5.73 Å². The molecule has 0 atom stereocenters. The van der Waals surface area contributed by atoms with Gasteiger partial charge in [0.15, 0.2) is 5.16 Å². The van der Waals surface area contributed by atoms with E-state index in [1.807, 2.05) is 10.6 Å². The van der Waals surface area contributed by atoms with Gasteiger partial charge in [-0.2, -0.15) is 0 Å². The number of benzene rings is 1. The van der Waals surface area contributed by atoms with Crippen LogP contribution in [0.2, 0.25) is 5.02 Å². The van der Waals surface area contributed by atoms with Gasteiger partial charge in [0.2, 0.25) is 11.8 Å². The van der Waals surface area contributed by atoms with Gasteiger partial charge in [-0.05, 0) is 30.3 Å². The van der Waals surface area contributed by atoms with E-state index in [9.17, 15) is 9.59 Å². The molecule has 0 spiro atoms. The zero-order valence-electron chi connectivity index (χ0n) is 15.1. The van der Waals surface area contributed by atoms with Gasteiger partial charge < -0.3 is 15.5 Å². The molecular weight excluding hydrogens is 482 g/mol. The number of nitrogens with zero attached hydrogens (tertiary/aromatic N) is 3. The molecule has 0 bridgehead atoms. The predicted molar refractivity (Wildman–Crippen MR) is 114 cm³/mol. The molecule has 0 unspecified atom stereocenters. The van der Waals surface area contributed by atoms with Crippen molar-refractivity contribution in [2.45, 2.75) is 24.5 Å². The van der Waals surface area contributed by atoms with Crippen LogP contribution in [0.5, 0.6) is 0 Å². The summed E-state index contributed by atoms with van der Waals surface area (Å²) in [6.45, 7) is 0.386. The van der Waals surface area contributed by atoms with Crippen molar-refractivity contribution in [3.05, 3.63) is 57.7 Å². The summed E-state index contributed by atoms with van der Waals surface area (Å²) in [5, 5.41) is 12.0. The maximum Gasteiger partial charge on any atom is 0.234 e. The van der Waals surface area contributed by atoms with Gasteiger partial charge in [0, 0.05) is 17.3 Å². The summed E-state index contributed by atoms with van der Waals surface area (Å²) in [5.41, 5.74) is 5.77. The molecule has 11 heteroatoms. The number of furan rings is 1. The van der Waals surface area contributed by atoms with Crippen LogP contribution in [-0.2, 0) is 22.6 Å². The number of carbonyl (C=O) groups is 2. The van der Waals surface area contributed by atoms with Crippen molar-refractivity contribution >= 4 is 56.8 Å². The fraction of sp³-hybridized carbons (Fsp3) is 0.222. The van der Waals surface area contributed by atoms with Gasteiger partial charge in [-0.3, -0.25) is 14.2 Å². The van der Waals surface area contributed by atoms with Gasteiger partial charge in [0.25, 0.3) is 0 Å². The highest BCUT2D eigenvalue weighted by Gasteiger charge is 2.16. The summed E-state index contributed by atoms with van der Waals surface area (Å²) < 4.78 is 8.03. The molecule has 29 heavy (non-hydrogen) atoms. The molecule has 0 saturated carbocycles. The number of primary amides is 1. The average molecular weight is 499 g/mol. The summed E-state index contributed by atoms with van der Waals surface area (Å²) in [6, 6.07) is 8.82. The van der Waals surface area contributed by atoms with E-state index >= 15 is 0 Å². The molecule has 0 radical (unpaired) electrons. The number of amides is 2. The van der Waals surface area contributed by atoms with Gasteiger partial charge in [0.1, 0.15) is 11.6 Å². The highest BCUT2D eigenvalue weighted by Crippen LogP contribution is 2.26. The van der Waals surface area contributed by atoms with Gasteiger partial charge in [-0.15, -0.1) is 10.2 Å². The molecule has 2 aromatic heterocycles. The molecule has 8 nitrogen and oxygen atoms in total. The number of aromatic nitrogens is 3. The lowest BCUT2D eigenvalue weighted by atomic mass is 10.3. The number of halogens is 2. The van der Waals surface area contributed by atoms with Crippen LogP contribution in [0.3, 0.4) is 0 Å². The molecule has 1 aromatic carbocycles. The monoisotopic (exact) mass is 497 g/mol. The standard InChI is InChI=1S/C18H17BrClN5O3S/c19-11-3-4-14(13(20)8-11)22-17(27)10-29-18-24-23-16(6-5-15(21)26)25(18)9-12-2-1-7-28-12/h1-4,7-8H,5-6,9-10H2,(H2,21,26)(H,22,27). The Kier molecular flexibility index (Phi) is 7.34. The second-order valence-electron chi connectivity index (χ2n) is 5.99. The average Bonchev–Trinajstić information content (AvgIpc) is 3.31. The Morgan fingerprint density at radius 2 is 2.14 bits per heavy atom. The second-order valence-corrected chi connectivity index (χ2v) is 8.26. The number of thioether (sulfide) groups is 1. The van der Waals surface area contributed by atoms with E-state index in [0.717, 1.165) is 4.47 Å². The van der Waals surface area contributed by atoms with E-state index in [1.54, 1.807) is 30.5 Å². The van der Waals surface area contributed by atoms with Crippen molar-refractivity contribution in [2.75, 3.05) is 11.1 Å². The summed E-state index contributed by atoms with van der Waals surface area (Å²) in [5.74, 6) is 0.762. The van der Waals surface area contributed by atoms with Gasteiger partial charge in [-0.1, -0.05) is 39.3 Å². The van der Waals surface area contributed by atoms with Gasteiger partial charge in [-0.25, -0.2) is 0 Å². The number of aryl methyl sites for hydroxylation is 1. The molecule has 0 aliphatic heterocycles. The van der Waals surface area contributed by atoms with Crippen LogP contribution in [0.25, 0.3) is 0 Å². The number of anilines is 1. The van der Waals surface area contributed by atoms with Crippen molar-refractivity contribution in [1.29, 1.82) is 0 Å². The minimum atomic E-state index is -0.419. The van der Waals surface area contributed by atoms with Crippen molar-refractivity contribution in [1.82, 2.24) is 14.8 Å². The van der Waals surface area contributed by atoms with E-state index in [-0.39, 0.29) is 18.1 Å². The number of nitrogens with two attached hydrogens (primary N) is 1. The first-order chi connectivity index (χ1) is 13.9. The maximum absolute atomic E-state index is 12.3. The Hall–Kier alpha value is -2.30. The molecule has 0 aliphatic rings. The molecule has 2 amide bonds. The topological polar surface area (TPSA) is 116 Å². The minimum Gasteiger partial charge on any atom is -0.467 e. The Bertz CT molecular complexity index is 1010. The zero-order chi connectivity index (χ0) is 20.8. The molecule has 0 aliphatic carbocycles. The second kappa shape index (κ2) is 9.95. The molecule has 0 saturated heterocycles. The number of hydrogen-bond donors (Lipinski definition) is 2. The third-order valence-electron chi connectivity index (χ3n) is 3.82. The van der Waals surface area contributed by atoms with Crippen LogP contribution >= 0.6 is 39.3 Å². The first-order valence-corrected chi connectivity index (χ1v) is 10.7. The minimum absolute atomic E-state index is 0.110. The van der Waals surface area contributed by atoms with E-state index < -0.39 is 5.91 Å². The number of carbonyl (C=O) groups excluding carboxylic acids is 2. The van der Waals surface area contributed by atoms with Crippen LogP contribution in [0.15, 0.2) is 50.6 Å². The van der Waals surface area contributed by atoms with Crippen LogP contribution in [-0.4, -0.2) is 32.3 Å². The highest BCUT2D eigenvalue weighted by atomic mass is 79.9. The van der Waals surface area contributed by atoms with Crippen LogP contribution < -0.4 is 11.1 Å². The number of rotatable bonds is 9. The lowest BCUT2D eigenvalue weighted by Gasteiger charge is -2.09. The molecule has 0 fully saturated rings. The fourth-order valence-corrected chi connectivity index (χ4v) is 3.95. The lowest BCUT2D eigenvalue weighted by Crippen LogP contribution is -2.16. The largest absolute Gasteiger partial charge is 0.467 e. The molecule has 3 rings (SSSR count). The highest BCUT2D eigenvalue weighted by molar-refractivity contribution is 9.10. The predicted octanol–water partition coefficient (Wildman–Crippen LogP) is 3.48. The van der Waals surface area contributed by atoms with Gasteiger partial charge >= 0.3 is 0 Å².